The van der Waals surface area contributed by atoms with Gasteiger partial charge in [-0.2, -0.15) is 0 Å². The van der Waals surface area contributed by atoms with Gasteiger partial charge in [0.1, 0.15) is 5.60 Å². The summed E-state index contributed by atoms with van der Waals surface area (Å²) >= 11 is 0. The summed E-state index contributed by atoms with van der Waals surface area (Å²) in [6, 6.07) is 4.15. The minimum Gasteiger partial charge on any atom is -0.465 e. The maximum atomic E-state index is 12.5. The third-order valence-electron chi connectivity index (χ3n) is 5.73. The van der Waals surface area contributed by atoms with Crippen molar-refractivity contribution in [1.29, 1.82) is 5.41 Å². The first-order valence-corrected chi connectivity index (χ1v) is 11.0. The number of ether oxygens (including phenoxy) is 2. The Morgan fingerprint density at radius 3 is 2.32 bits per heavy atom. The molecule has 2 fully saturated rings. The standard InChI is InChI=1S/C23H34N4O4/c1-23(2,3)31-22(29)27-11-9-26(10-12-27)17-13-18(21(28)30-4)19(15-24)20(14-17)25-16-7-5-6-8-16/h13-16,24-25H,5-12H2,1-4H3. The van der Waals surface area contributed by atoms with Crippen molar-refractivity contribution >= 4 is 29.7 Å². The molecule has 1 aliphatic carbocycles. The molecule has 0 atom stereocenters. The average molecular weight is 431 g/mol. The molecule has 0 unspecified atom stereocenters. The van der Waals surface area contributed by atoms with Gasteiger partial charge < -0.3 is 30.0 Å². The summed E-state index contributed by atoms with van der Waals surface area (Å²) < 4.78 is 10.5. The predicted octanol–water partition coefficient (Wildman–Crippen LogP) is 3.88. The molecule has 1 aromatic rings. The van der Waals surface area contributed by atoms with E-state index in [-0.39, 0.29) is 6.09 Å². The Bertz CT molecular complexity index is 820. The molecule has 1 saturated heterocycles. The van der Waals surface area contributed by atoms with Gasteiger partial charge in [-0.1, -0.05) is 12.8 Å². The van der Waals surface area contributed by atoms with Crippen LogP contribution >= 0.6 is 0 Å². The third kappa shape index (κ3) is 5.68. The van der Waals surface area contributed by atoms with Crippen LogP contribution in [0.15, 0.2) is 12.1 Å². The van der Waals surface area contributed by atoms with Crippen LogP contribution < -0.4 is 10.2 Å². The normalized spacial score (nSPS) is 17.4. The van der Waals surface area contributed by atoms with Gasteiger partial charge in [0.15, 0.2) is 0 Å². The smallest absolute Gasteiger partial charge is 0.410 e. The lowest BCUT2D eigenvalue weighted by atomic mass is 10.0. The van der Waals surface area contributed by atoms with Crippen molar-refractivity contribution < 1.29 is 19.1 Å². The van der Waals surface area contributed by atoms with Gasteiger partial charge in [-0.25, -0.2) is 9.59 Å². The number of piperazine rings is 1. The Hall–Kier alpha value is -2.77. The molecule has 8 heteroatoms. The highest BCUT2D eigenvalue weighted by atomic mass is 16.6. The van der Waals surface area contributed by atoms with Crippen molar-refractivity contribution in [3.8, 4) is 0 Å². The minimum atomic E-state index is -0.521. The highest BCUT2D eigenvalue weighted by Gasteiger charge is 2.27. The lowest BCUT2D eigenvalue weighted by molar-refractivity contribution is 0.0240. The summed E-state index contributed by atoms with van der Waals surface area (Å²) in [6.45, 7) is 7.93. The Kier molecular flexibility index (Phi) is 7.08. The third-order valence-corrected chi connectivity index (χ3v) is 5.73. The van der Waals surface area contributed by atoms with Crippen molar-refractivity contribution in [3.63, 3.8) is 0 Å². The van der Waals surface area contributed by atoms with Crippen LogP contribution in [0.25, 0.3) is 0 Å². The molecule has 2 aliphatic rings. The van der Waals surface area contributed by atoms with E-state index in [1.54, 1.807) is 11.0 Å². The van der Waals surface area contributed by atoms with Crippen LogP contribution in [0, 0.1) is 5.41 Å². The van der Waals surface area contributed by atoms with Crippen LogP contribution in [-0.2, 0) is 9.47 Å². The molecule has 1 aliphatic heterocycles. The Morgan fingerprint density at radius 2 is 1.77 bits per heavy atom. The molecule has 8 nitrogen and oxygen atoms in total. The summed E-state index contributed by atoms with van der Waals surface area (Å²) in [5.41, 5.74) is 2.08. The second kappa shape index (κ2) is 9.58. The summed E-state index contributed by atoms with van der Waals surface area (Å²) in [5, 5.41) is 11.4. The molecule has 1 heterocycles. The minimum absolute atomic E-state index is 0.301. The number of hydrogen-bond acceptors (Lipinski definition) is 7. The molecule has 0 spiro atoms. The van der Waals surface area contributed by atoms with E-state index in [9.17, 15) is 9.59 Å². The molecule has 31 heavy (non-hydrogen) atoms. The fraction of sp³-hybridized carbons (Fsp3) is 0.609. The Morgan fingerprint density at radius 1 is 1.13 bits per heavy atom. The van der Waals surface area contributed by atoms with E-state index in [1.807, 2.05) is 26.8 Å². The SMILES string of the molecule is COC(=O)c1cc(N2CCN(C(=O)OC(C)(C)C)CC2)cc(NC2CCCC2)c1C=N. The zero-order valence-corrected chi connectivity index (χ0v) is 19.0. The molecule has 2 N–H and O–H groups in total. The van der Waals surface area contributed by atoms with E-state index in [1.165, 1.54) is 26.2 Å². The van der Waals surface area contributed by atoms with Crippen molar-refractivity contribution in [2.24, 2.45) is 0 Å². The number of rotatable bonds is 5. The van der Waals surface area contributed by atoms with Gasteiger partial charge in [-0.05, 0) is 45.7 Å². The van der Waals surface area contributed by atoms with E-state index >= 15 is 0 Å². The van der Waals surface area contributed by atoms with Crippen molar-refractivity contribution in [1.82, 2.24) is 4.90 Å². The van der Waals surface area contributed by atoms with Crippen molar-refractivity contribution in [2.45, 2.75) is 58.1 Å². The van der Waals surface area contributed by atoms with Gasteiger partial charge in [0, 0.05) is 55.4 Å². The molecule has 1 saturated carbocycles. The zero-order valence-electron chi connectivity index (χ0n) is 19.0. The Labute approximate surface area is 184 Å². The molecular formula is C23H34N4O4. The van der Waals surface area contributed by atoms with E-state index in [4.69, 9.17) is 14.9 Å². The first kappa shape index (κ1) is 22.9. The topological polar surface area (TPSA) is 95.0 Å². The predicted molar refractivity (Wildman–Crippen MR) is 122 cm³/mol. The highest BCUT2D eigenvalue weighted by molar-refractivity contribution is 6.03. The molecule has 1 amide bonds. The molecular weight excluding hydrogens is 396 g/mol. The zero-order chi connectivity index (χ0) is 22.6. The molecule has 1 aromatic carbocycles. The number of hydrogen-bond donors (Lipinski definition) is 2. The number of carbonyl (C=O) groups is 2. The van der Waals surface area contributed by atoms with Gasteiger partial charge in [0.05, 0.1) is 12.7 Å². The molecule has 3 rings (SSSR count). The first-order valence-electron chi connectivity index (χ1n) is 11.0. The van der Waals surface area contributed by atoms with Crippen LogP contribution in [0.3, 0.4) is 0 Å². The monoisotopic (exact) mass is 430 g/mol. The van der Waals surface area contributed by atoms with Gasteiger partial charge in [-0.3, -0.25) is 0 Å². The number of anilines is 2. The van der Waals surface area contributed by atoms with Crippen LogP contribution in [-0.4, -0.2) is 68.1 Å². The average Bonchev–Trinajstić information content (AvgIpc) is 3.24. The first-order chi connectivity index (χ1) is 14.7. The summed E-state index contributed by atoms with van der Waals surface area (Å²) in [5.74, 6) is -0.456. The van der Waals surface area contributed by atoms with Crippen molar-refractivity contribution in [2.75, 3.05) is 43.5 Å². The van der Waals surface area contributed by atoms with E-state index in [2.05, 4.69) is 10.2 Å². The fourth-order valence-electron chi connectivity index (χ4n) is 4.14. The van der Waals surface area contributed by atoms with Crippen LogP contribution in [0.1, 0.15) is 62.4 Å². The van der Waals surface area contributed by atoms with Crippen LogP contribution in [0.4, 0.5) is 16.2 Å². The summed E-state index contributed by atoms with van der Waals surface area (Å²) in [7, 11) is 1.35. The highest BCUT2D eigenvalue weighted by Crippen LogP contribution is 2.31. The fourth-order valence-corrected chi connectivity index (χ4v) is 4.14. The van der Waals surface area contributed by atoms with Crippen LogP contribution in [0.2, 0.25) is 0 Å². The molecule has 170 valence electrons. The number of esters is 1. The lowest BCUT2D eigenvalue weighted by Crippen LogP contribution is -2.50. The van der Waals surface area contributed by atoms with Crippen molar-refractivity contribution in [3.05, 3.63) is 23.3 Å². The van der Waals surface area contributed by atoms with E-state index < -0.39 is 11.6 Å². The maximum Gasteiger partial charge on any atom is 0.410 e. The number of benzene rings is 1. The molecule has 0 bridgehead atoms. The number of nitrogens with one attached hydrogen (secondary N) is 2. The largest absolute Gasteiger partial charge is 0.465 e. The number of methoxy groups -OCH3 is 1. The van der Waals surface area contributed by atoms with Gasteiger partial charge in [-0.15, -0.1) is 0 Å². The lowest BCUT2D eigenvalue weighted by Gasteiger charge is -2.37. The summed E-state index contributed by atoms with van der Waals surface area (Å²) in [6.07, 6.45) is 5.47. The van der Waals surface area contributed by atoms with Gasteiger partial charge in [0.25, 0.3) is 0 Å². The second-order valence-electron chi connectivity index (χ2n) is 9.17. The van der Waals surface area contributed by atoms with Crippen LogP contribution in [0.5, 0.6) is 0 Å². The Balaban J connectivity index is 1.81. The van der Waals surface area contributed by atoms with E-state index in [0.717, 1.165) is 24.2 Å². The van der Waals surface area contributed by atoms with E-state index in [0.29, 0.717) is 43.3 Å². The number of nitrogens with zero attached hydrogens (tertiary/aromatic N) is 2. The summed E-state index contributed by atoms with van der Waals surface area (Å²) in [4.78, 5) is 28.7. The molecule has 0 radical (unpaired) electrons. The van der Waals surface area contributed by atoms with Gasteiger partial charge >= 0.3 is 12.1 Å². The maximum absolute atomic E-state index is 12.5. The second-order valence-corrected chi connectivity index (χ2v) is 9.17. The number of amides is 1. The quantitative estimate of drug-likeness (QED) is 0.544. The molecule has 0 aromatic heterocycles. The number of carbonyl (C=O) groups excluding carboxylic acids is 2. The van der Waals surface area contributed by atoms with Gasteiger partial charge in [0.2, 0.25) is 0 Å².